The number of halogens is 2. The Morgan fingerprint density at radius 3 is 2.83 bits per heavy atom. The van der Waals surface area contributed by atoms with E-state index in [-0.39, 0.29) is 22.6 Å². The van der Waals surface area contributed by atoms with Crippen molar-refractivity contribution in [3.63, 3.8) is 0 Å². The average molecular weight is 402 g/mol. The number of aromatic nitrogens is 2. The number of rotatable bonds is 7. The number of hydrogen-bond acceptors (Lipinski definition) is 5. The van der Waals surface area contributed by atoms with Crippen molar-refractivity contribution in [2.75, 3.05) is 24.5 Å². The molecule has 8 heteroatoms. The van der Waals surface area contributed by atoms with Crippen LogP contribution in [0.1, 0.15) is 41.9 Å². The maximum Gasteiger partial charge on any atom is 0.242 e. The topological polar surface area (TPSA) is 81.9 Å². The highest BCUT2D eigenvalue weighted by molar-refractivity contribution is 6.11. The largest absolute Gasteiger partial charge is 0.354 e. The van der Waals surface area contributed by atoms with E-state index in [1.165, 1.54) is 12.3 Å². The van der Waals surface area contributed by atoms with E-state index >= 15 is 0 Å². The van der Waals surface area contributed by atoms with E-state index in [9.17, 15) is 13.6 Å². The molecule has 1 radical (unpaired) electrons. The van der Waals surface area contributed by atoms with E-state index in [1.54, 1.807) is 18.2 Å². The third kappa shape index (κ3) is 5.26. The van der Waals surface area contributed by atoms with Crippen LogP contribution >= 0.6 is 0 Å². The van der Waals surface area contributed by atoms with E-state index in [4.69, 9.17) is 5.73 Å². The minimum absolute atomic E-state index is 0.0248. The standard InChI is InChI=1S/C21H26F2N5O/c1-13(2)10-15-12-28(9-8-25-15)18-6-5-14(11-17(22)23)19(27-18)20(29)16-4-3-7-26-21(16)24/h3-7,13,15,17,24-25H,8-12H2,1-2H3/t15-/m0/s1. The van der Waals surface area contributed by atoms with Crippen LogP contribution in [-0.2, 0) is 6.42 Å². The van der Waals surface area contributed by atoms with Crippen molar-refractivity contribution in [2.24, 2.45) is 5.92 Å². The Labute approximate surface area is 169 Å². The zero-order chi connectivity index (χ0) is 21.0. The monoisotopic (exact) mass is 402 g/mol. The van der Waals surface area contributed by atoms with Crippen LogP contribution in [0, 0.1) is 5.92 Å². The molecule has 0 saturated carbocycles. The number of piperazine rings is 1. The summed E-state index contributed by atoms with van der Waals surface area (Å²) in [5.74, 6) is 0.408. The quantitative estimate of drug-likeness (QED) is 0.719. The van der Waals surface area contributed by atoms with Crippen molar-refractivity contribution in [1.29, 1.82) is 0 Å². The third-order valence-electron chi connectivity index (χ3n) is 4.94. The molecule has 29 heavy (non-hydrogen) atoms. The smallest absolute Gasteiger partial charge is 0.242 e. The summed E-state index contributed by atoms with van der Waals surface area (Å²) in [6.45, 7) is 6.59. The number of nitrogens with zero attached hydrogens (tertiary/aromatic N) is 3. The van der Waals surface area contributed by atoms with Gasteiger partial charge in [0.15, 0.2) is 5.82 Å². The first kappa shape index (κ1) is 21.1. The molecule has 6 nitrogen and oxygen atoms in total. The van der Waals surface area contributed by atoms with Crippen LogP contribution in [0.2, 0.25) is 0 Å². The van der Waals surface area contributed by atoms with Gasteiger partial charge in [-0.15, -0.1) is 0 Å². The SMILES string of the molecule is CC(C)C[C@H]1CN(c2ccc(CC(F)F)c(C(=O)c3cccnc3[NH])n2)CCN1. The molecule has 2 N–H and O–H groups in total. The van der Waals surface area contributed by atoms with Gasteiger partial charge in [-0.1, -0.05) is 19.9 Å². The number of carbonyl (C=O) groups is 1. The van der Waals surface area contributed by atoms with Gasteiger partial charge in [-0.05, 0) is 36.1 Å². The maximum atomic E-state index is 13.1. The summed E-state index contributed by atoms with van der Waals surface area (Å²) in [6.07, 6.45) is -0.713. The van der Waals surface area contributed by atoms with Crippen LogP contribution in [0.25, 0.3) is 0 Å². The number of carbonyl (C=O) groups excluding carboxylic acids is 1. The molecule has 1 atom stereocenters. The second-order valence-corrected chi connectivity index (χ2v) is 7.73. The highest BCUT2D eigenvalue weighted by Crippen LogP contribution is 2.24. The second-order valence-electron chi connectivity index (χ2n) is 7.73. The molecule has 1 fully saturated rings. The number of nitrogens with one attached hydrogen (secondary N) is 2. The van der Waals surface area contributed by atoms with Gasteiger partial charge in [0, 0.05) is 38.3 Å². The van der Waals surface area contributed by atoms with Crippen molar-refractivity contribution in [2.45, 2.75) is 39.2 Å². The van der Waals surface area contributed by atoms with Crippen LogP contribution in [0.3, 0.4) is 0 Å². The van der Waals surface area contributed by atoms with Crippen molar-refractivity contribution in [3.8, 4) is 0 Å². The van der Waals surface area contributed by atoms with Gasteiger partial charge in [0.05, 0.1) is 5.56 Å². The lowest BCUT2D eigenvalue weighted by Crippen LogP contribution is -2.51. The number of anilines is 1. The van der Waals surface area contributed by atoms with Crippen LogP contribution in [0.4, 0.5) is 20.4 Å². The minimum atomic E-state index is -2.59. The lowest BCUT2D eigenvalue weighted by atomic mass is 10.0. The first-order valence-electron chi connectivity index (χ1n) is 9.83. The number of hydrogen-bond donors (Lipinski definition) is 1. The van der Waals surface area contributed by atoms with Crippen molar-refractivity contribution >= 4 is 17.4 Å². The fourth-order valence-electron chi connectivity index (χ4n) is 3.66. The molecule has 155 valence electrons. The van der Waals surface area contributed by atoms with Crippen LogP contribution in [0.5, 0.6) is 0 Å². The van der Waals surface area contributed by atoms with E-state index in [0.29, 0.717) is 17.8 Å². The molecule has 0 unspecified atom stereocenters. The van der Waals surface area contributed by atoms with Gasteiger partial charge in [-0.2, -0.15) is 0 Å². The molecule has 3 rings (SSSR count). The number of pyridine rings is 2. The van der Waals surface area contributed by atoms with Gasteiger partial charge in [0.25, 0.3) is 0 Å². The molecular formula is C21H26F2N5O. The Morgan fingerprint density at radius 1 is 1.34 bits per heavy atom. The molecule has 1 aliphatic rings. The van der Waals surface area contributed by atoms with Crippen LogP contribution in [-0.4, -0.2) is 47.9 Å². The highest BCUT2D eigenvalue weighted by atomic mass is 19.3. The van der Waals surface area contributed by atoms with Gasteiger partial charge in [-0.25, -0.2) is 18.7 Å². The van der Waals surface area contributed by atoms with E-state index in [0.717, 1.165) is 26.1 Å². The lowest BCUT2D eigenvalue weighted by molar-refractivity contribution is 0.103. The molecule has 0 aromatic carbocycles. The summed E-state index contributed by atoms with van der Waals surface area (Å²) in [5.41, 5.74) is 8.10. The Kier molecular flexibility index (Phi) is 6.74. The summed E-state index contributed by atoms with van der Waals surface area (Å²) in [4.78, 5) is 23.4. The zero-order valence-corrected chi connectivity index (χ0v) is 16.7. The summed E-state index contributed by atoms with van der Waals surface area (Å²) in [5, 5.41) is 3.49. The summed E-state index contributed by atoms with van der Waals surface area (Å²) >= 11 is 0. The molecule has 0 amide bonds. The predicted molar refractivity (Wildman–Crippen MR) is 108 cm³/mol. The molecule has 3 heterocycles. The Morgan fingerprint density at radius 2 is 2.14 bits per heavy atom. The predicted octanol–water partition coefficient (Wildman–Crippen LogP) is 3.25. The lowest BCUT2D eigenvalue weighted by Gasteiger charge is -2.35. The molecule has 0 aliphatic carbocycles. The van der Waals surface area contributed by atoms with Gasteiger partial charge >= 0.3 is 0 Å². The van der Waals surface area contributed by atoms with Gasteiger partial charge in [-0.3, -0.25) is 10.5 Å². The van der Waals surface area contributed by atoms with Crippen molar-refractivity contribution < 1.29 is 13.6 Å². The molecule has 0 bridgehead atoms. The Balaban J connectivity index is 1.93. The summed E-state index contributed by atoms with van der Waals surface area (Å²) in [6, 6.07) is 6.60. The fourth-order valence-corrected chi connectivity index (χ4v) is 3.66. The van der Waals surface area contributed by atoms with Gasteiger partial charge < -0.3 is 10.2 Å². The van der Waals surface area contributed by atoms with E-state index in [1.807, 2.05) is 0 Å². The Bertz CT molecular complexity index is 859. The van der Waals surface area contributed by atoms with Gasteiger partial charge in [0.2, 0.25) is 12.2 Å². The first-order valence-corrected chi connectivity index (χ1v) is 9.83. The normalized spacial score (nSPS) is 17.2. The zero-order valence-electron chi connectivity index (χ0n) is 16.7. The number of ketones is 1. The highest BCUT2D eigenvalue weighted by Gasteiger charge is 2.25. The molecular weight excluding hydrogens is 376 g/mol. The molecule has 0 spiro atoms. The first-order chi connectivity index (χ1) is 13.8. The van der Waals surface area contributed by atoms with Crippen LogP contribution < -0.4 is 16.0 Å². The average Bonchev–Trinajstić information content (AvgIpc) is 2.67. The summed E-state index contributed by atoms with van der Waals surface area (Å²) < 4.78 is 26.1. The van der Waals surface area contributed by atoms with Crippen LogP contribution in [0.15, 0.2) is 30.5 Å². The number of alkyl halides is 2. The Hall–Kier alpha value is -2.61. The minimum Gasteiger partial charge on any atom is -0.354 e. The third-order valence-corrected chi connectivity index (χ3v) is 4.94. The fraction of sp³-hybridized carbons (Fsp3) is 0.476. The van der Waals surface area contributed by atoms with Crippen molar-refractivity contribution in [1.82, 2.24) is 21.0 Å². The molecule has 2 aromatic rings. The van der Waals surface area contributed by atoms with E-state index in [2.05, 4.69) is 34.0 Å². The molecule has 1 aliphatic heterocycles. The van der Waals surface area contributed by atoms with Crippen molar-refractivity contribution in [3.05, 3.63) is 47.3 Å². The summed E-state index contributed by atoms with van der Waals surface area (Å²) in [7, 11) is 0. The maximum absolute atomic E-state index is 13.1. The molecule has 2 aromatic heterocycles. The van der Waals surface area contributed by atoms with Gasteiger partial charge in [0.1, 0.15) is 11.5 Å². The van der Waals surface area contributed by atoms with E-state index < -0.39 is 18.6 Å². The second kappa shape index (κ2) is 9.26. The molecule has 1 saturated heterocycles.